The van der Waals surface area contributed by atoms with Crippen LogP contribution in [0.3, 0.4) is 0 Å². The third-order valence-corrected chi connectivity index (χ3v) is 4.33. The summed E-state index contributed by atoms with van der Waals surface area (Å²) >= 11 is 0. The summed E-state index contributed by atoms with van der Waals surface area (Å²) in [6.45, 7) is 4.33. The molecule has 2 rings (SSSR count). The quantitative estimate of drug-likeness (QED) is 0.792. The second-order valence-corrected chi connectivity index (χ2v) is 5.41. The van der Waals surface area contributed by atoms with Crippen LogP contribution in [0.4, 0.5) is 0 Å². The maximum Gasteiger partial charge on any atom is 0.0670 e. The Kier molecular flexibility index (Phi) is 4.22. The SMILES string of the molecule is COC(C)CN1CCCC1C1CCCC1O. The minimum absolute atomic E-state index is 0.0524. The Bertz CT molecular complexity index is 222. The molecule has 0 radical (unpaired) electrons. The summed E-state index contributed by atoms with van der Waals surface area (Å²) in [6.07, 6.45) is 6.22. The zero-order valence-electron chi connectivity index (χ0n) is 10.6. The number of rotatable bonds is 4. The van der Waals surface area contributed by atoms with Crippen LogP contribution in [0.2, 0.25) is 0 Å². The molecule has 0 amide bonds. The molecule has 2 fully saturated rings. The van der Waals surface area contributed by atoms with Crippen molar-refractivity contribution in [2.24, 2.45) is 5.92 Å². The predicted molar refractivity (Wildman–Crippen MR) is 64.4 cm³/mol. The third-order valence-electron chi connectivity index (χ3n) is 4.33. The Morgan fingerprint density at radius 1 is 1.31 bits per heavy atom. The molecular formula is C13H25NO2. The molecule has 3 nitrogen and oxygen atoms in total. The predicted octanol–water partition coefficient (Wildman–Crippen LogP) is 1.65. The van der Waals surface area contributed by atoms with Crippen molar-refractivity contribution in [3.8, 4) is 0 Å². The topological polar surface area (TPSA) is 32.7 Å². The molecule has 0 aromatic heterocycles. The molecule has 0 bridgehead atoms. The first-order valence-corrected chi connectivity index (χ1v) is 6.67. The second-order valence-electron chi connectivity index (χ2n) is 5.41. The average molecular weight is 227 g/mol. The minimum Gasteiger partial charge on any atom is -0.393 e. The van der Waals surface area contributed by atoms with Gasteiger partial charge in [-0.3, -0.25) is 4.90 Å². The number of nitrogens with zero attached hydrogens (tertiary/aromatic N) is 1. The molecule has 2 aliphatic rings. The van der Waals surface area contributed by atoms with E-state index in [1.165, 1.54) is 32.2 Å². The highest BCUT2D eigenvalue weighted by Crippen LogP contribution is 2.35. The van der Waals surface area contributed by atoms with Crippen molar-refractivity contribution in [3.05, 3.63) is 0 Å². The zero-order valence-corrected chi connectivity index (χ0v) is 10.6. The van der Waals surface area contributed by atoms with Crippen molar-refractivity contribution >= 4 is 0 Å². The van der Waals surface area contributed by atoms with Gasteiger partial charge in [0.1, 0.15) is 0 Å². The van der Waals surface area contributed by atoms with Crippen molar-refractivity contribution in [1.82, 2.24) is 4.90 Å². The fourth-order valence-corrected chi connectivity index (χ4v) is 3.39. The molecule has 1 aliphatic carbocycles. The molecule has 1 aliphatic heterocycles. The maximum atomic E-state index is 10.0. The number of hydrogen-bond acceptors (Lipinski definition) is 3. The first-order chi connectivity index (χ1) is 7.72. The molecule has 0 aromatic rings. The van der Waals surface area contributed by atoms with Gasteiger partial charge in [0.25, 0.3) is 0 Å². The van der Waals surface area contributed by atoms with E-state index in [4.69, 9.17) is 4.74 Å². The van der Waals surface area contributed by atoms with Crippen LogP contribution < -0.4 is 0 Å². The van der Waals surface area contributed by atoms with Crippen LogP contribution in [-0.4, -0.2) is 48.5 Å². The van der Waals surface area contributed by atoms with E-state index in [2.05, 4.69) is 11.8 Å². The molecule has 16 heavy (non-hydrogen) atoms. The van der Waals surface area contributed by atoms with Crippen molar-refractivity contribution in [2.45, 2.75) is 57.3 Å². The molecule has 1 N–H and O–H groups in total. The first kappa shape index (κ1) is 12.3. The molecule has 4 atom stereocenters. The molecule has 0 spiro atoms. The largest absolute Gasteiger partial charge is 0.393 e. The maximum absolute atomic E-state index is 10.0. The summed E-state index contributed by atoms with van der Waals surface area (Å²) in [5, 5.41) is 10.0. The Morgan fingerprint density at radius 2 is 2.12 bits per heavy atom. The highest BCUT2D eigenvalue weighted by atomic mass is 16.5. The number of likely N-dealkylation sites (tertiary alicyclic amines) is 1. The summed E-state index contributed by atoms with van der Waals surface area (Å²) in [7, 11) is 1.78. The van der Waals surface area contributed by atoms with E-state index < -0.39 is 0 Å². The molecule has 3 heteroatoms. The van der Waals surface area contributed by atoms with Crippen LogP contribution in [0.1, 0.15) is 39.0 Å². The van der Waals surface area contributed by atoms with Gasteiger partial charge in [-0.2, -0.15) is 0 Å². The third kappa shape index (κ3) is 2.58. The van der Waals surface area contributed by atoms with E-state index >= 15 is 0 Å². The highest BCUT2D eigenvalue weighted by Gasteiger charge is 2.38. The van der Waals surface area contributed by atoms with Crippen LogP contribution in [0.25, 0.3) is 0 Å². The van der Waals surface area contributed by atoms with Gasteiger partial charge in [0, 0.05) is 25.6 Å². The number of ether oxygens (including phenoxy) is 1. The lowest BCUT2D eigenvalue weighted by Crippen LogP contribution is -2.42. The first-order valence-electron chi connectivity index (χ1n) is 6.67. The fourth-order valence-electron chi connectivity index (χ4n) is 3.39. The lowest BCUT2D eigenvalue weighted by Gasteiger charge is -2.32. The Labute approximate surface area is 98.8 Å². The van der Waals surface area contributed by atoms with Crippen LogP contribution in [-0.2, 0) is 4.74 Å². The molecule has 4 unspecified atom stereocenters. The van der Waals surface area contributed by atoms with Gasteiger partial charge in [-0.05, 0) is 39.2 Å². The summed E-state index contributed by atoms with van der Waals surface area (Å²) in [6, 6.07) is 0.607. The van der Waals surface area contributed by atoms with Gasteiger partial charge < -0.3 is 9.84 Å². The summed E-state index contributed by atoms with van der Waals surface area (Å²) in [4.78, 5) is 2.54. The standard InChI is InChI=1S/C13H25NO2/c1-10(16-2)9-14-8-4-6-12(14)11-5-3-7-13(11)15/h10-13,15H,3-9H2,1-2H3. The van der Waals surface area contributed by atoms with Gasteiger partial charge in [0.05, 0.1) is 12.2 Å². The van der Waals surface area contributed by atoms with Crippen molar-refractivity contribution in [1.29, 1.82) is 0 Å². The molecule has 1 saturated carbocycles. The van der Waals surface area contributed by atoms with Gasteiger partial charge >= 0.3 is 0 Å². The minimum atomic E-state index is -0.0524. The summed E-state index contributed by atoms with van der Waals surface area (Å²) in [5.41, 5.74) is 0. The van der Waals surface area contributed by atoms with E-state index in [1.807, 2.05) is 0 Å². The second kappa shape index (κ2) is 5.48. The number of aliphatic hydroxyl groups is 1. The van der Waals surface area contributed by atoms with Crippen molar-refractivity contribution in [3.63, 3.8) is 0 Å². The molecule has 1 saturated heterocycles. The van der Waals surface area contributed by atoms with E-state index in [1.54, 1.807) is 7.11 Å². The van der Waals surface area contributed by atoms with Gasteiger partial charge in [0.2, 0.25) is 0 Å². The van der Waals surface area contributed by atoms with Gasteiger partial charge in [-0.1, -0.05) is 6.42 Å². The highest BCUT2D eigenvalue weighted by molar-refractivity contribution is 4.92. The van der Waals surface area contributed by atoms with E-state index in [0.717, 1.165) is 13.0 Å². The number of methoxy groups -OCH3 is 1. The smallest absolute Gasteiger partial charge is 0.0670 e. The van der Waals surface area contributed by atoms with Crippen LogP contribution in [0, 0.1) is 5.92 Å². The Morgan fingerprint density at radius 3 is 2.75 bits per heavy atom. The monoisotopic (exact) mass is 227 g/mol. The fraction of sp³-hybridized carbons (Fsp3) is 1.00. The van der Waals surface area contributed by atoms with Gasteiger partial charge in [0.15, 0.2) is 0 Å². The van der Waals surface area contributed by atoms with E-state index in [0.29, 0.717) is 18.1 Å². The summed E-state index contributed by atoms with van der Waals surface area (Å²) in [5.74, 6) is 0.520. The van der Waals surface area contributed by atoms with E-state index in [9.17, 15) is 5.11 Å². The molecular weight excluding hydrogens is 202 g/mol. The zero-order chi connectivity index (χ0) is 11.5. The average Bonchev–Trinajstić information content (AvgIpc) is 2.86. The summed E-state index contributed by atoms with van der Waals surface area (Å²) < 4.78 is 5.35. The van der Waals surface area contributed by atoms with Gasteiger partial charge in [-0.25, -0.2) is 0 Å². The normalized spacial score (nSPS) is 38.1. The number of hydrogen-bond donors (Lipinski definition) is 1. The Balaban J connectivity index is 1.92. The lowest BCUT2D eigenvalue weighted by molar-refractivity contribution is 0.0365. The van der Waals surface area contributed by atoms with Crippen molar-refractivity contribution in [2.75, 3.05) is 20.2 Å². The molecule has 1 heterocycles. The lowest BCUT2D eigenvalue weighted by atomic mass is 9.94. The van der Waals surface area contributed by atoms with E-state index in [-0.39, 0.29) is 6.10 Å². The Hall–Kier alpha value is -0.120. The van der Waals surface area contributed by atoms with Crippen molar-refractivity contribution < 1.29 is 9.84 Å². The van der Waals surface area contributed by atoms with Crippen LogP contribution in [0.15, 0.2) is 0 Å². The van der Waals surface area contributed by atoms with Gasteiger partial charge in [-0.15, -0.1) is 0 Å². The number of aliphatic hydroxyl groups excluding tert-OH is 1. The van der Waals surface area contributed by atoms with Crippen LogP contribution >= 0.6 is 0 Å². The molecule has 0 aromatic carbocycles. The molecule has 94 valence electrons. The van der Waals surface area contributed by atoms with Crippen LogP contribution in [0.5, 0.6) is 0 Å².